The largest absolute Gasteiger partial charge is 0.356 e. The first-order valence-corrected chi connectivity index (χ1v) is 12.3. The van der Waals surface area contributed by atoms with E-state index in [4.69, 9.17) is 4.98 Å². The Hall–Kier alpha value is -3.70. The Morgan fingerprint density at radius 2 is 1.94 bits per heavy atom. The maximum Gasteiger partial charge on any atom is 0.251 e. The predicted octanol–water partition coefficient (Wildman–Crippen LogP) is 5.13. The van der Waals surface area contributed by atoms with Gasteiger partial charge >= 0.3 is 0 Å². The predicted molar refractivity (Wildman–Crippen MR) is 139 cm³/mol. The molecule has 0 radical (unpaired) electrons. The Kier molecular flexibility index (Phi) is 6.03. The highest BCUT2D eigenvalue weighted by Crippen LogP contribution is 2.31. The van der Waals surface area contributed by atoms with Gasteiger partial charge in [0.1, 0.15) is 11.9 Å². The van der Waals surface area contributed by atoms with Gasteiger partial charge in [-0.05, 0) is 72.4 Å². The molecule has 3 aromatic heterocycles. The average molecular weight is 529 g/mol. The monoisotopic (exact) mass is 528 g/mol. The number of nitrogens with zero attached hydrogens (tertiary/aromatic N) is 5. The molecule has 4 heterocycles. The van der Waals surface area contributed by atoms with Gasteiger partial charge in [-0.3, -0.25) is 4.79 Å². The van der Waals surface area contributed by atoms with Crippen LogP contribution in [-0.4, -0.2) is 39.1 Å². The smallest absolute Gasteiger partial charge is 0.251 e. The summed E-state index contributed by atoms with van der Waals surface area (Å²) < 4.78 is 2.59. The van der Waals surface area contributed by atoms with Crippen LogP contribution in [0.25, 0.3) is 16.6 Å². The van der Waals surface area contributed by atoms with Crippen LogP contribution in [0, 0.1) is 18.3 Å². The van der Waals surface area contributed by atoms with E-state index in [0.717, 1.165) is 64.0 Å². The molecular formula is C27H25BrN6O. The van der Waals surface area contributed by atoms with Crippen LogP contribution in [0.15, 0.2) is 65.5 Å². The highest BCUT2D eigenvalue weighted by atomic mass is 79.9. The van der Waals surface area contributed by atoms with Gasteiger partial charge in [-0.15, -0.1) is 0 Å². The van der Waals surface area contributed by atoms with Crippen molar-refractivity contribution in [2.45, 2.75) is 32.2 Å². The van der Waals surface area contributed by atoms with Crippen molar-refractivity contribution >= 4 is 33.2 Å². The minimum absolute atomic E-state index is 0.0153. The second-order valence-electron chi connectivity index (χ2n) is 9.26. The van der Waals surface area contributed by atoms with Crippen LogP contribution in [0.2, 0.25) is 0 Å². The summed E-state index contributed by atoms with van der Waals surface area (Å²) in [4.78, 5) is 19.8. The third kappa shape index (κ3) is 4.52. The summed E-state index contributed by atoms with van der Waals surface area (Å²) in [5.41, 5.74) is 4.57. The second kappa shape index (κ2) is 9.16. The Morgan fingerprint density at radius 3 is 2.63 bits per heavy atom. The zero-order chi connectivity index (χ0) is 24.6. The first-order valence-electron chi connectivity index (χ1n) is 11.5. The molecule has 0 bridgehead atoms. The lowest BCUT2D eigenvalue weighted by Crippen LogP contribution is -2.53. The number of nitrogens with one attached hydrogen (secondary N) is 1. The van der Waals surface area contributed by atoms with E-state index in [1.54, 1.807) is 10.7 Å². The highest BCUT2D eigenvalue weighted by Gasteiger charge is 2.32. The van der Waals surface area contributed by atoms with Gasteiger partial charge in [0, 0.05) is 52.2 Å². The van der Waals surface area contributed by atoms with Crippen LogP contribution in [0.3, 0.4) is 0 Å². The molecular weight excluding hydrogens is 504 g/mol. The molecule has 1 amide bonds. The molecule has 5 rings (SSSR count). The fourth-order valence-corrected chi connectivity index (χ4v) is 5.07. The number of hydrogen-bond acceptors (Lipinski definition) is 5. The summed E-state index contributed by atoms with van der Waals surface area (Å²) in [5, 5.41) is 17.0. The molecule has 0 saturated carbocycles. The number of pyridine rings is 2. The highest BCUT2D eigenvalue weighted by molar-refractivity contribution is 9.10. The second-order valence-corrected chi connectivity index (χ2v) is 10.2. The molecule has 0 aliphatic carbocycles. The molecule has 1 aliphatic rings. The summed E-state index contributed by atoms with van der Waals surface area (Å²) in [6, 6.07) is 15.9. The number of piperidine rings is 1. The van der Waals surface area contributed by atoms with Crippen molar-refractivity contribution in [1.29, 1.82) is 5.26 Å². The van der Waals surface area contributed by atoms with Crippen molar-refractivity contribution in [1.82, 2.24) is 19.9 Å². The number of rotatable bonds is 4. The fraction of sp³-hybridized carbons (Fsp3) is 0.259. The van der Waals surface area contributed by atoms with Crippen LogP contribution in [0.1, 0.15) is 41.3 Å². The first-order chi connectivity index (χ1) is 16.9. The number of benzene rings is 1. The molecule has 1 saturated heterocycles. The van der Waals surface area contributed by atoms with Gasteiger partial charge in [-0.25, -0.2) is 9.50 Å². The number of amides is 1. The minimum Gasteiger partial charge on any atom is -0.356 e. The van der Waals surface area contributed by atoms with Crippen LogP contribution in [0.5, 0.6) is 0 Å². The topological polar surface area (TPSA) is 86.3 Å². The van der Waals surface area contributed by atoms with E-state index in [1.807, 2.05) is 61.8 Å². The summed E-state index contributed by atoms with van der Waals surface area (Å²) in [6.07, 6.45) is 6.93. The molecule has 1 fully saturated rings. The zero-order valence-electron chi connectivity index (χ0n) is 19.6. The van der Waals surface area contributed by atoms with E-state index in [0.29, 0.717) is 5.56 Å². The molecule has 1 aliphatic heterocycles. The van der Waals surface area contributed by atoms with E-state index in [2.05, 4.69) is 44.2 Å². The van der Waals surface area contributed by atoms with E-state index in [9.17, 15) is 10.1 Å². The molecule has 0 spiro atoms. The van der Waals surface area contributed by atoms with Gasteiger partial charge in [0.15, 0.2) is 0 Å². The number of anilines is 1. The molecule has 1 aromatic carbocycles. The van der Waals surface area contributed by atoms with Crippen LogP contribution in [-0.2, 0) is 0 Å². The summed E-state index contributed by atoms with van der Waals surface area (Å²) in [6.45, 7) is 5.69. The number of aryl methyl sites for hydroxylation is 1. The molecule has 1 N–H and O–H groups in total. The van der Waals surface area contributed by atoms with Gasteiger partial charge in [0.25, 0.3) is 5.91 Å². The lowest BCUT2D eigenvalue weighted by Gasteiger charge is -2.40. The van der Waals surface area contributed by atoms with Crippen molar-refractivity contribution in [2.24, 2.45) is 0 Å². The molecule has 8 heteroatoms. The lowest BCUT2D eigenvalue weighted by atomic mass is 9.89. The Balaban J connectivity index is 1.30. The molecule has 0 atom stereocenters. The number of nitriles is 1. The van der Waals surface area contributed by atoms with E-state index in [-0.39, 0.29) is 11.4 Å². The number of halogens is 1. The van der Waals surface area contributed by atoms with Crippen molar-refractivity contribution in [3.63, 3.8) is 0 Å². The number of carbonyl (C=O) groups excluding carboxylic acids is 1. The zero-order valence-corrected chi connectivity index (χ0v) is 21.2. The number of hydrogen-bond donors (Lipinski definition) is 1. The van der Waals surface area contributed by atoms with Gasteiger partial charge in [0.05, 0.1) is 17.3 Å². The Morgan fingerprint density at radius 1 is 1.17 bits per heavy atom. The summed E-state index contributed by atoms with van der Waals surface area (Å²) >= 11 is 3.53. The van der Waals surface area contributed by atoms with Gasteiger partial charge in [-0.1, -0.05) is 18.2 Å². The third-order valence-corrected chi connectivity index (χ3v) is 7.19. The minimum atomic E-state index is -0.257. The summed E-state index contributed by atoms with van der Waals surface area (Å²) in [7, 11) is 0. The van der Waals surface area contributed by atoms with E-state index in [1.165, 1.54) is 0 Å². The first kappa shape index (κ1) is 23.1. The van der Waals surface area contributed by atoms with Crippen LogP contribution < -0.4 is 10.2 Å². The molecule has 35 heavy (non-hydrogen) atoms. The van der Waals surface area contributed by atoms with Gasteiger partial charge in [-0.2, -0.15) is 10.4 Å². The van der Waals surface area contributed by atoms with Crippen molar-refractivity contribution < 1.29 is 4.79 Å². The van der Waals surface area contributed by atoms with Gasteiger partial charge in [0.2, 0.25) is 0 Å². The summed E-state index contributed by atoms with van der Waals surface area (Å²) in [5.74, 6) is 0.888. The number of carbonyl (C=O) groups is 1. The van der Waals surface area contributed by atoms with Crippen LogP contribution in [0.4, 0.5) is 5.82 Å². The lowest BCUT2D eigenvalue weighted by molar-refractivity contribution is 0.0891. The number of aromatic nitrogens is 3. The average Bonchev–Trinajstić information content (AvgIpc) is 3.27. The maximum absolute atomic E-state index is 12.8. The molecule has 4 aromatic rings. The fourth-order valence-electron chi connectivity index (χ4n) is 4.65. The molecule has 0 unspecified atom stereocenters. The third-order valence-electron chi connectivity index (χ3n) is 6.75. The quantitative estimate of drug-likeness (QED) is 0.396. The van der Waals surface area contributed by atoms with E-state index >= 15 is 0 Å². The van der Waals surface area contributed by atoms with E-state index < -0.39 is 0 Å². The van der Waals surface area contributed by atoms with Crippen molar-refractivity contribution in [3.05, 3.63) is 82.2 Å². The van der Waals surface area contributed by atoms with Crippen LogP contribution >= 0.6 is 15.9 Å². The van der Waals surface area contributed by atoms with Gasteiger partial charge < -0.3 is 10.2 Å². The molecule has 176 valence electrons. The molecule has 7 nitrogen and oxygen atoms in total. The SMILES string of the molecule is Cc1ccccc1C(=O)NC1(C)CCN(c2ccc(-c3cc(Br)cn4ncc(C#N)c34)cn2)CC1. The van der Waals surface area contributed by atoms with Crippen molar-refractivity contribution in [3.8, 4) is 17.2 Å². The Bertz CT molecular complexity index is 1450. The number of fused-ring (bicyclic) bond motifs is 1. The standard InChI is InChI=1S/C27H25BrN6O/c1-18-5-3-4-6-22(18)26(35)32-27(2)9-11-33(12-10-27)24-8-7-19(15-30-24)23-13-21(28)17-34-25(23)20(14-29)16-31-34/h3-8,13,15-17H,9-12H2,1-2H3,(H,32,35). The Labute approximate surface area is 212 Å². The normalized spacial score (nSPS) is 15.1. The van der Waals surface area contributed by atoms with Crippen molar-refractivity contribution in [2.75, 3.05) is 18.0 Å². The maximum atomic E-state index is 12.8.